The first-order valence-corrected chi connectivity index (χ1v) is 11.0. The second-order valence-electron chi connectivity index (χ2n) is 7.91. The normalized spacial score (nSPS) is 11.5. The van der Waals surface area contributed by atoms with E-state index in [0.29, 0.717) is 22.9 Å². The van der Waals surface area contributed by atoms with Gasteiger partial charge in [-0.15, -0.1) is 0 Å². The standard InChI is InChI=1S/C27H25N3O5/c1-18-24(26(32)30(29(18)3)21-10-6-4-7-11-21)28-25(31)19(2)34-27(33)20-14-16-23(17-15-20)35-22-12-8-5-9-13-22/h4-17,19H,1-3H3,(H,28,31). The van der Waals surface area contributed by atoms with Gasteiger partial charge in [0.2, 0.25) is 0 Å². The van der Waals surface area contributed by atoms with Crippen molar-refractivity contribution in [1.29, 1.82) is 0 Å². The van der Waals surface area contributed by atoms with E-state index >= 15 is 0 Å². The van der Waals surface area contributed by atoms with E-state index in [1.165, 1.54) is 11.6 Å². The summed E-state index contributed by atoms with van der Waals surface area (Å²) in [5.74, 6) is -0.0257. The van der Waals surface area contributed by atoms with E-state index in [2.05, 4.69) is 5.32 Å². The van der Waals surface area contributed by atoms with Gasteiger partial charge in [-0.3, -0.25) is 14.3 Å². The monoisotopic (exact) mass is 471 g/mol. The largest absolute Gasteiger partial charge is 0.457 e. The molecule has 1 aromatic heterocycles. The molecule has 0 bridgehead atoms. The lowest BCUT2D eigenvalue weighted by Crippen LogP contribution is -2.32. The fourth-order valence-corrected chi connectivity index (χ4v) is 3.50. The molecule has 8 heteroatoms. The van der Waals surface area contributed by atoms with Crippen molar-refractivity contribution < 1.29 is 19.1 Å². The topological polar surface area (TPSA) is 91.6 Å². The molecule has 0 spiro atoms. The molecule has 1 heterocycles. The number of hydrogen-bond donors (Lipinski definition) is 1. The summed E-state index contributed by atoms with van der Waals surface area (Å²) in [7, 11) is 1.73. The number of nitrogens with one attached hydrogen (secondary N) is 1. The number of carbonyl (C=O) groups excluding carboxylic acids is 2. The van der Waals surface area contributed by atoms with Gasteiger partial charge in [-0.1, -0.05) is 36.4 Å². The molecule has 1 unspecified atom stereocenters. The van der Waals surface area contributed by atoms with Gasteiger partial charge in [-0.25, -0.2) is 9.48 Å². The summed E-state index contributed by atoms with van der Waals surface area (Å²) in [4.78, 5) is 38.3. The summed E-state index contributed by atoms with van der Waals surface area (Å²) in [6.07, 6.45) is -1.12. The highest BCUT2D eigenvalue weighted by Crippen LogP contribution is 2.21. The van der Waals surface area contributed by atoms with E-state index in [1.807, 2.05) is 48.5 Å². The van der Waals surface area contributed by atoms with Crippen LogP contribution in [0.15, 0.2) is 89.7 Å². The quantitative estimate of drug-likeness (QED) is 0.402. The molecule has 0 aliphatic carbocycles. The minimum absolute atomic E-state index is 0.131. The van der Waals surface area contributed by atoms with E-state index in [-0.39, 0.29) is 16.8 Å². The molecule has 35 heavy (non-hydrogen) atoms. The first kappa shape index (κ1) is 23.6. The molecule has 8 nitrogen and oxygen atoms in total. The molecule has 0 aliphatic heterocycles. The fraction of sp³-hybridized carbons (Fsp3) is 0.148. The zero-order valence-corrected chi connectivity index (χ0v) is 19.6. The van der Waals surface area contributed by atoms with Crippen LogP contribution < -0.4 is 15.6 Å². The van der Waals surface area contributed by atoms with Crippen molar-refractivity contribution >= 4 is 17.6 Å². The Morgan fingerprint density at radius 3 is 2.06 bits per heavy atom. The van der Waals surface area contributed by atoms with Gasteiger partial charge < -0.3 is 14.8 Å². The Hall–Kier alpha value is -4.59. The zero-order chi connectivity index (χ0) is 24.9. The molecule has 1 atom stereocenters. The molecule has 0 saturated carbocycles. The Labute approximate surface area is 202 Å². The van der Waals surface area contributed by atoms with Gasteiger partial charge in [0.15, 0.2) is 6.10 Å². The van der Waals surface area contributed by atoms with Crippen LogP contribution in [0.5, 0.6) is 11.5 Å². The van der Waals surface area contributed by atoms with Crippen molar-refractivity contribution in [3.63, 3.8) is 0 Å². The SMILES string of the molecule is Cc1c(NC(=O)C(C)OC(=O)c2ccc(Oc3ccccc3)cc2)c(=O)n(-c2ccccc2)n1C. The van der Waals surface area contributed by atoms with Crippen molar-refractivity contribution in [3.8, 4) is 17.2 Å². The van der Waals surface area contributed by atoms with Crippen LogP contribution in [-0.2, 0) is 16.6 Å². The van der Waals surface area contributed by atoms with Gasteiger partial charge in [0.1, 0.15) is 17.2 Å². The minimum Gasteiger partial charge on any atom is -0.457 e. The average molecular weight is 472 g/mol. The number of nitrogens with zero attached hydrogens (tertiary/aromatic N) is 2. The van der Waals surface area contributed by atoms with E-state index in [4.69, 9.17) is 9.47 Å². The molecule has 178 valence electrons. The van der Waals surface area contributed by atoms with Gasteiger partial charge >= 0.3 is 5.97 Å². The van der Waals surface area contributed by atoms with Gasteiger partial charge in [0, 0.05) is 7.05 Å². The molecule has 0 radical (unpaired) electrons. The highest BCUT2D eigenvalue weighted by atomic mass is 16.5. The molecule has 0 aliphatic rings. The van der Waals surface area contributed by atoms with Crippen LogP contribution in [0.4, 0.5) is 5.69 Å². The summed E-state index contributed by atoms with van der Waals surface area (Å²) < 4.78 is 14.2. The summed E-state index contributed by atoms with van der Waals surface area (Å²) in [5, 5.41) is 2.61. The fourth-order valence-electron chi connectivity index (χ4n) is 3.50. The van der Waals surface area contributed by atoms with Crippen LogP contribution in [0.2, 0.25) is 0 Å². The summed E-state index contributed by atoms with van der Waals surface area (Å²) >= 11 is 0. The molecule has 1 N–H and O–H groups in total. The number of amides is 1. The average Bonchev–Trinajstić information content (AvgIpc) is 3.08. The first-order valence-electron chi connectivity index (χ1n) is 11.0. The van der Waals surface area contributed by atoms with Crippen LogP contribution in [0.3, 0.4) is 0 Å². The smallest absolute Gasteiger partial charge is 0.338 e. The van der Waals surface area contributed by atoms with Crippen LogP contribution in [-0.4, -0.2) is 27.3 Å². The number of benzene rings is 3. The third-order valence-electron chi connectivity index (χ3n) is 5.52. The van der Waals surface area contributed by atoms with E-state index in [9.17, 15) is 14.4 Å². The van der Waals surface area contributed by atoms with Crippen molar-refractivity contribution in [3.05, 3.63) is 107 Å². The highest BCUT2D eigenvalue weighted by molar-refractivity contribution is 5.97. The first-order chi connectivity index (χ1) is 16.8. The Kier molecular flexibility index (Phi) is 6.82. The van der Waals surface area contributed by atoms with Crippen LogP contribution in [0, 0.1) is 6.92 Å². The summed E-state index contributed by atoms with van der Waals surface area (Å²) in [6.45, 7) is 3.18. The molecule has 4 rings (SSSR count). The van der Waals surface area contributed by atoms with Gasteiger partial charge in [0.25, 0.3) is 11.5 Å². The Bertz CT molecular complexity index is 1390. The van der Waals surface area contributed by atoms with Crippen molar-refractivity contribution in [2.75, 3.05) is 5.32 Å². The predicted octanol–water partition coefficient (Wildman–Crippen LogP) is 4.46. The lowest BCUT2D eigenvalue weighted by Gasteiger charge is -2.13. The number of anilines is 1. The summed E-state index contributed by atoms with van der Waals surface area (Å²) in [6, 6.07) is 24.8. The van der Waals surface area contributed by atoms with E-state index < -0.39 is 18.0 Å². The van der Waals surface area contributed by atoms with Gasteiger partial charge in [0.05, 0.1) is 16.9 Å². The van der Waals surface area contributed by atoms with Gasteiger partial charge in [-0.2, -0.15) is 0 Å². The zero-order valence-electron chi connectivity index (χ0n) is 19.6. The lowest BCUT2D eigenvalue weighted by atomic mass is 10.2. The number of hydrogen-bond acceptors (Lipinski definition) is 5. The second-order valence-corrected chi connectivity index (χ2v) is 7.91. The molecule has 3 aromatic carbocycles. The Balaban J connectivity index is 1.42. The summed E-state index contributed by atoms with van der Waals surface area (Å²) in [5.41, 5.74) is 1.26. The number of carbonyl (C=O) groups is 2. The molecule has 4 aromatic rings. The molecular weight excluding hydrogens is 446 g/mol. The second kappa shape index (κ2) is 10.1. The maximum absolute atomic E-state index is 13.0. The van der Waals surface area contributed by atoms with Crippen molar-refractivity contribution in [2.24, 2.45) is 7.05 Å². The molecule has 0 saturated heterocycles. The molecular formula is C27H25N3O5. The van der Waals surface area contributed by atoms with Crippen molar-refractivity contribution in [2.45, 2.75) is 20.0 Å². The lowest BCUT2D eigenvalue weighted by molar-refractivity contribution is -0.123. The Morgan fingerprint density at radius 2 is 1.43 bits per heavy atom. The number of rotatable bonds is 7. The molecule has 0 fully saturated rings. The Morgan fingerprint density at radius 1 is 0.857 bits per heavy atom. The van der Waals surface area contributed by atoms with Crippen LogP contribution in [0.1, 0.15) is 23.0 Å². The number of aromatic nitrogens is 2. The number of para-hydroxylation sites is 2. The highest BCUT2D eigenvalue weighted by Gasteiger charge is 2.23. The van der Waals surface area contributed by atoms with Crippen LogP contribution in [0.25, 0.3) is 5.69 Å². The van der Waals surface area contributed by atoms with E-state index in [1.54, 1.807) is 55.1 Å². The number of esters is 1. The maximum atomic E-state index is 13.0. The van der Waals surface area contributed by atoms with E-state index in [0.717, 1.165) is 0 Å². The third kappa shape index (κ3) is 5.16. The predicted molar refractivity (Wildman–Crippen MR) is 132 cm³/mol. The number of ether oxygens (including phenoxy) is 2. The van der Waals surface area contributed by atoms with Crippen LogP contribution >= 0.6 is 0 Å². The van der Waals surface area contributed by atoms with Gasteiger partial charge in [-0.05, 0) is 62.4 Å². The maximum Gasteiger partial charge on any atom is 0.338 e. The molecule has 1 amide bonds. The minimum atomic E-state index is -1.12. The third-order valence-corrected chi connectivity index (χ3v) is 5.52. The van der Waals surface area contributed by atoms with Crippen molar-refractivity contribution in [1.82, 2.24) is 9.36 Å².